The summed E-state index contributed by atoms with van der Waals surface area (Å²) in [6.07, 6.45) is -0.362. The van der Waals surface area contributed by atoms with Gasteiger partial charge in [-0.3, -0.25) is 24.6 Å². The molecule has 2 aromatic rings. The standard InChI is InChI=1S/C16H14N4O6/c21-12(7-20-13(22)5-6-14(20)23)17-16-19-18-15(26-16)11-8-24-9-3-1-2-4-10(9)25-11/h1-4,11H,5-8H2,(H,17,19,21)/t11-/m1/s1. The average Bonchev–Trinajstić information content (AvgIpc) is 3.23. The molecule has 134 valence electrons. The molecule has 10 nitrogen and oxygen atoms in total. The van der Waals surface area contributed by atoms with Gasteiger partial charge in [0.05, 0.1) is 0 Å². The summed E-state index contributed by atoms with van der Waals surface area (Å²) >= 11 is 0. The van der Waals surface area contributed by atoms with Crippen molar-refractivity contribution in [3.8, 4) is 11.5 Å². The van der Waals surface area contributed by atoms with Crippen LogP contribution in [0.15, 0.2) is 28.7 Å². The monoisotopic (exact) mass is 358 g/mol. The number of hydrogen-bond donors (Lipinski definition) is 1. The van der Waals surface area contributed by atoms with E-state index in [4.69, 9.17) is 13.9 Å². The van der Waals surface area contributed by atoms with Crippen molar-refractivity contribution >= 4 is 23.7 Å². The predicted octanol–water partition coefficient (Wildman–Crippen LogP) is 0.670. The van der Waals surface area contributed by atoms with Gasteiger partial charge in [0.15, 0.2) is 11.5 Å². The molecule has 3 heterocycles. The molecular formula is C16H14N4O6. The third kappa shape index (κ3) is 3.08. The maximum Gasteiger partial charge on any atom is 0.322 e. The summed E-state index contributed by atoms with van der Waals surface area (Å²) in [5.41, 5.74) is 0. The largest absolute Gasteiger partial charge is 0.485 e. The SMILES string of the molecule is O=C(CN1C(=O)CCC1=O)Nc1nnc([C@H]2COc3ccccc3O2)o1. The molecule has 2 aliphatic heterocycles. The number of para-hydroxylation sites is 2. The molecule has 0 aliphatic carbocycles. The minimum atomic E-state index is -0.607. The van der Waals surface area contributed by atoms with Gasteiger partial charge in [0.25, 0.3) is 5.89 Å². The summed E-state index contributed by atoms with van der Waals surface area (Å²) in [7, 11) is 0. The highest BCUT2D eigenvalue weighted by molar-refractivity contribution is 6.05. The van der Waals surface area contributed by atoms with E-state index >= 15 is 0 Å². The van der Waals surface area contributed by atoms with Crippen LogP contribution < -0.4 is 14.8 Å². The Morgan fingerprint density at radius 2 is 1.88 bits per heavy atom. The Morgan fingerprint density at radius 1 is 1.15 bits per heavy atom. The van der Waals surface area contributed by atoms with Gasteiger partial charge in [-0.25, -0.2) is 0 Å². The van der Waals surface area contributed by atoms with Gasteiger partial charge < -0.3 is 13.9 Å². The zero-order valence-corrected chi connectivity index (χ0v) is 13.5. The molecule has 26 heavy (non-hydrogen) atoms. The van der Waals surface area contributed by atoms with Gasteiger partial charge in [0.1, 0.15) is 13.2 Å². The lowest BCUT2D eigenvalue weighted by molar-refractivity contribution is -0.141. The highest BCUT2D eigenvalue weighted by Gasteiger charge is 2.31. The van der Waals surface area contributed by atoms with Crippen molar-refractivity contribution in [1.82, 2.24) is 15.1 Å². The highest BCUT2D eigenvalue weighted by atomic mass is 16.6. The van der Waals surface area contributed by atoms with Crippen LogP contribution in [0.5, 0.6) is 11.5 Å². The van der Waals surface area contributed by atoms with Gasteiger partial charge in [-0.05, 0) is 12.1 Å². The molecule has 1 N–H and O–H groups in total. The molecule has 0 bridgehead atoms. The summed E-state index contributed by atoms with van der Waals surface area (Å²) in [4.78, 5) is 35.9. The first-order valence-electron chi connectivity index (χ1n) is 7.95. The van der Waals surface area contributed by atoms with Crippen molar-refractivity contribution in [1.29, 1.82) is 0 Å². The molecule has 1 aromatic carbocycles. The lowest BCUT2D eigenvalue weighted by Gasteiger charge is -2.23. The van der Waals surface area contributed by atoms with Crippen LogP contribution >= 0.6 is 0 Å². The Morgan fingerprint density at radius 3 is 2.65 bits per heavy atom. The van der Waals surface area contributed by atoms with E-state index in [1.54, 1.807) is 12.1 Å². The van der Waals surface area contributed by atoms with Crippen LogP contribution in [-0.2, 0) is 14.4 Å². The van der Waals surface area contributed by atoms with Crippen LogP contribution in [-0.4, -0.2) is 46.0 Å². The minimum absolute atomic E-state index is 0.122. The zero-order chi connectivity index (χ0) is 18.1. The first-order chi connectivity index (χ1) is 12.6. The normalized spacial score (nSPS) is 18.9. The summed E-state index contributed by atoms with van der Waals surface area (Å²) in [5, 5.41) is 9.94. The van der Waals surface area contributed by atoms with Crippen LogP contribution in [0.1, 0.15) is 24.8 Å². The molecule has 0 unspecified atom stereocenters. The maximum atomic E-state index is 12.0. The van der Waals surface area contributed by atoms with Crippen molar-refractivity contribution in [2.24, 2.45) is 0 Å². The Kier molecular flexibility index (Phi) is 3.99. The number of amides is 3. The quantitative estimate of drug-likeness (QED) is 0.791. The second kappa shape index (κ2) is 6.47. The smallest absolute Gasteiger partial charge is 0.322 e. The number of carbonyl (C=O) groups excluding carboxylic acids is 3. The van der Waals surface area contributed by atoms with Crippen molar-refractivity contribution < 1.29 is 28.3 Å². The van der Waals surface area contributed by atoms with Crippen LogP contribution in [0.25, 0.3) is 0 Å². The molecule has 1 saturated heterocycles. The van der Waals surface area contributed by atoms with E-state index in [2.05, 4.69) is 15.5 Å². The Balaban J connectivity index is 1.38. The summed E-state index contributed by atoms with van der Waals surface area (Å²) < 4.78 is 16.7. The number of aromatic nitrogens is 2. The van der Waals surface area contributed by atoms with Gasteiger partial charge in [-0.1, -0.05) is 17.2 Å². The maximum absolute atomic E-state index is 12.0. The number of nitrogens with one attached hydrogen (secondary N) is 1. The molecule has 1 atom stereocenters. The van der Waals surface area contributed by atoms with E-state index in [0.717, 1.165) is 4.90 Å². The molecule has 10 heteroatoms. The molecular weight excluding hydrogens is 344 g/mol. The van der Waals surface area contributed by atoms with E-state index < -0.39 is 12.0 Å². The minimum Gasteiger partial charge on any atom is -0.485 e. The van der Waals surface area contributed by atoms with Crippen LogP contribution in [0, 0.1) is 0 Å². The molecule has 0 saturated carbocycles. The number of nitrogens with zero attached hydrogens (tertiary/aromatic N) is 3. The predicted molar refractivity (Wildman–Crippen MR) is 84.2 cm³/mol. The number of benzene rings is 1. The van der Waals surface area contributed by atoms with E-state index in [9.17, 15) is 14.4 Å². The fourth-order valence-electron chi connectivity index (χ4n) is 2.66. The molecule has 4 rings (SSSR count). The Labute approximate surface area is 147 Å². The van der Waals surface area contributed by atoms with Crippen LogP contribution in [0.4, 0.5) is 6.01 Å². The molecule has 2 aliphatic rings. The van der Waals surface area contributed by atoms with Gasteiger partial charge in [0.2, 0.25) is 23.8 Å². The molecule has 0 spiro atoms. The number of imide groups is 1. The second-order valence-corrected chi connectivity index (χ2v) is 5.73. The number of hydrogen-bond acceptors (Lipinski definition) is 8. The number of rotatable bonds is 4. The van der Waals surface area contributed by atoms with Gasteiger partial charge in [-0.15, -0.1) is 5.10 Å². The molecule has 3 amide bonds. The first kappa shape index (κ1) is 16.1. The third-order valence-electron chi connectivity index (χ3n) is 3.93. The topological polar surface area (TPSA) is 124 Å². The highest BCUT2D eigenvalue weighted by Crippen LogP contribution is 2.35. The summed E-state index contributed by atoms with van der Waals surface area (Å²) in [5.74, 6) is -0.0287. The Bertz CT molecular complexity index is 863. The van der Waals surface area contributed by atoms with Crippen molar-refractivity contribution in [3.05, 3.63) is 30.2 Å². The van der Waals surface area contributed by atoms with Gasteiger partial charge in [0, 0.05) is 12.8 Å². The second-order valence-electron chi connectivity index (χ2n) is 5.73. The van der Waals surface area contributed by atoms with E-state index in [-0.39, 0.29) is 49.7 Å². The van der Waals surface area contributed by atoms with Crippen LogP contribution in [0.2, 0.25) is 0 Å². The van der Waals surface area contributed by atoms with E-state index in [1.165, 1.54) is 0 Å². The molecule has 1 fully saturated rings. The summed E-state index contributed by atoms with van der Waals surface area (Å²) in [6, 6.07) is 7.03. The molecule has 1 aromatic heterocycles. The fraction of sp³-hybridized carbons (Fsp3) is 0.312. The number of ether oxygens (including phenoxy) is 2. The number of likely N-dealkylation sites (tertiary alicyclic amines) is 1. The lowest BCUT2D eigenvalue weighted by atomic mass is 10.2. The van der Waals surface area contributed by atoms with E-state index in [1.807, 2.05) is 12.1 Å². The van der Waals surface area contributed by atoms with Gasteiger partial charge >= 0.3 is 6.01 Å². The first-order valence-corrected chi connectivity index (χ1v) is 7.95. The molecule has 0 radical (unpaired) electrons. The van der Waals surface area contributed by atoms with Gasteiger partial charge in [-0.2, -0.15) is 0 Å². The lowest BCUT2D eigenvalue weighted by Crippen LogP contribution is -2.36. The van der Waals surface area contributed by atoms with E-state index in [0.29, 0.717) is 11.5 Å². The van der Waals surface area contributed by atoms with Crippen LogP contribution in [0.3, 0.4) is 0 Å². The van der Waals surface area contributed by atoms with Crippen molar-refractivity contribution in [2.75, 3.05) is 18.5 Å². The van der Waals surface area contributed by atoms with Crippen molar-refractivity contribution in [2.45, 2.75) is 18.9 Å². The third-order valence-corrected chi connectivity index (χ3v) is 3.93. The average molecular weight is 358 g/mol. The fourth-order valence-corrected chi connectivity index (χ4v) is 2.66. The van der Waals surface area contributed by atoms with Crippen molar-refractivity contribution in [3.63, 3.8) is 0 Å². The number of anilines is 1. The number of carbonyl (C=O) groups is 3. The summed E-state index contributed by atoms with van der Waals surface area (Å²) in [6.45, 7) is -0.199. The Hall–Kier alpha value is -3.43. The number of fused-ring (bicyclic) bond motifs is 1. The zero-order valence-electron chi connectivity index (χ0n) is 13.5.